The van der Waals surface area contributed by atoms with E-state index in [9.17, 15) is 9.50 Å². The molecule has 2 aromatic rings. The highest BCUT2D eigenvalue weighted by Gasteiger charge is 2.16. The van der Waals surface area contributed by atoms with Crippen LogP contribution in [0.5, 0.6) is 5.88 Å². The van der Waals surface area contributed by atoms with Crippen LogP contribution in [0.3, 0.4) is 0 Å². The van der Waals surface area contributed by atoms with Crippen molar-refractivity contribution < 1.29 is 14.2 Å². The van der Waals surface area contributed by atoms with Gasteiger partial charge in [-0.3, -0.25) is 0 Å². The Bertz CT molecular complexity index is 537. The van der Waals surface area contributed by atoms with Crippen LogP contribution < -0.4 is 4.74 Å². The molecule has 1 unspecified atom stereocenters. The number of rotatable bonds is 3. The Hall–Kier alpha value is -1.94. The van der Waals surface area contributed by atoms with E-state index in [-0.39, 0.29) is 5.82 Å². The van der Waals surface area contributed by atoms with Crippen LogP contribution in [0.1, 0.15) is 22.8 Å². The highest BCUT2D eigenvalue weighted by atomic mass is 19.1. The summed E-state index contributed by atoms with van der Waals surface area (Å²) in [7, 11) is 1.48. The topological polar surface area (TPSA) is 42.4 Å². The van der Waals surface area contributed by atoms with E-state index < -0.39 is 6.10 Å². The van der Waals surface area contributed by atoms with E-state index in [0.29, 0.717) is 17.0 Å². The zero-order valence-electron chi connectivity index (χ0n) is 10.2. The Morgan fingerprint density at radius 3 is 2.78 bits per heavy atom. The average molecular weight is 247 g/mol. The Morgan fingerprint density at radius 1 is 1.33 bits per heavy atom. The molecule has 1 atom stereocenters. The molecule has 0 fully saturated rings. The van der Waals surface area contributed by atoms with Crippen LogP contribution in [0.2, 0.25) is 0 Å². The average Bonchev–Trinajstić information content (AvgIpc) is 2.36. The van der Waals surface area contributed by atoms with E-state index in [2.05, 4.69) is 4.98 Å². The minimum absolute atomic E-state index is 0.340. The van der Waals surface area contributed by atoms with Gasteiger partial charge in [-0.1, -0.05) is 6.07 Å². The smallest absolute Gasteiger partial charge is 0.219 e. The quantitative estimate of drug-likeness (QED) is 0.906. The fourth-order valence-electron chi connectivity index (χ4n) is 1.88. The first kappa shape index (κ1) is 12.5. The van der Waals surface area contributed by atoms with Crippen LogP contribution >= 0.6 is 0 Å². The van der Waals surface area contributed by atoms with Crippen LogP contribution in [0.4, 0.5) is 4.39 Å². The minimum atomic E-state index is -0.956. The number of hydrogen-bond acceptors (Lipinski definition) is 3. The third-order valence-corrected chi connectivity index (χ3v) is 2.67. The van der Waals surface area contributed by atoms with Gasteiger partial charge in [-0.15, -0.1) is 0 Å². The number of hydrogen-bond donors (Lipinski definition) is 1. The molecule has 1 aromatic carbocycles. The van der Waals surface area contributed by atoms with Crippen LogP contribution in [0, 0.1) is 12.7 Å². The standard InChI is InChI=1S/C14H14FNO2/c1-9-6-10(8-11(15)7-9)13(17)12-4-3-5-16-14(12)18-2/h3-8,13,17H,1-2H3. The fraction of sp³-hybridized carbons (Fsp3) is 0.214. The summed E-state index contributed by atoms with van der Waals surface area (Å²) in [5.74, 6) is -0.0289. The summed E-state index contributed by atoms with van der Waals surface area (Å²) in [6.07, 6.45) is 0.620. The fourth-order valence-corrected chi connectivity index (χ4v) is 1.88. The third kappa shape index (κ3) is 2.49. The number of aryl methyl sites for hydroxylation is 1. The summed E-state index contributed by atoms with van der Waals surface area (Å²) in [5, 5.41) is 10.3. The van der Waals surface area contributed by atoms with Gasteiger partial charge in [0.1, 0.15) is 11.9 Å². The normalized spacial score (nSPS) is 12.2. The second-order valence-electron chi connectivity index (χ2n) is 4.07. The number of aromatic nitrogens is 1. The van der Waals surface area contributed by atoms with E-state index in [4.69, 9.17) is 4.74 Å². The molecule has 94 valence electrons. The van der Waals surface area contributed by atoms with Crippen molar-refractivity contribution in [2.45, 2.75) is 13.0 Å². The second kappa shape index (κ2) is 5.14. The molecular formula is C14H14FNO2. The van der Waals surface area contributed by atoms with Gasteiger partial charge in [0.05, 0.1) is 7.11 Å². The molecule has 2 rings (SSSR count). The highest BCUT2D eigenvalue weighted by Crippen LogP contribution is 2.28. The van der Waals surface area contributed by atoms with Gasteiger partial charge in [0.25, 0.3) is 0 Å². The van der Waals surface area contributed by atoms with Gasteiger partial charge in [0.2, 0.25) is 5.88 Å². The maximum atomic E-state index is 13.3. The van der Waals surface area contributed by atoms with Crippen molar-refractivity contribution in [2.24, 2.45) is 0 Å². The van der Waals surface area contributed by atoms with Gasteiger partial charge < -0.3 is 9.84 Å². The van der Waals surface area contributed by atoms with Gasteiger partial charge in [0, 0.05) is 11.8 Å². The zero-order valence-corrected chi connectivity index (χ0v) is 10.2. The number of aliphatic hydroxyl groups excluding tert-OH is 1. The maximum Gasteiger partial charge on any atom is 0.219 e. The van der Waals surface area contributed by atoms with Crippen molar-refractivity contribution >= 4 is 0 Å². The SMILES string of the molecule is COc1ncccc1C(O)c1cc(C)cc(F)c1. The molecule has 4 heteroatoms. The van der Waals surface area contributed by atoms with Gasteiger partial charge in [-0.2, -0.15) is 0 Å². The third-order valence-electron chi connectivity index (χ3n) is 2.67. The molecule has 0 radical (unpaired) electrons. The van der Waals surface area contributed by atoms with Gasteiger partial charge in [-0.25, -0.2) is 9.37 Å². The van der Waals surface area contributed by atoms with Crippen molar-refractivity contribution in [1.29, 1.82) is 0 Å². The Morgan fingerprint density at radius 2 is 2.11 bits per heavy atom. The number of aliphatic hydroxyl groups is 1. The minimum Gasteiger partial charge on any atom is -0.481 e. The molecule has 0 spiro atoms. The molecule has 1 aromatic heterocycles. The van der Waals surface area contributed by atoms with Crippen molar-refractivity contribution in [1.82, 2.24) is 4.98 Å². The molecular weight excluding hydrogens is 233 g/mol. The lowest BCUT2D eigenvalue weighted by Crippen LogP contribution is -2.04. The van der Waals surface area contributed by atoms with Crippen LogP contribution in [0.15, 0.2) is 36.5 Å². The highest BCUT2D eigenvalue weighted by molar-refractivity contribution is 5.37. The van der Waals surface area contributed by atoms with Crippen molar-refractivity contribution in [3.63, 3.8) is 0 Å². The molecule has 0 aliphatic carbocycles. The Kier molecular flexibility index (Phi) is 3.58. The van der Waals surface area contributed by atoms with Gasteiger partial charge >= 0.3 is 0 Å². The lowest BCUT2D eigenvalue weighted by atomic mass is 10.0. The first-order valence-corrected chi connectivity index (χ1v) is 5.56. The molecule has 3 nitrogen and oxygen atoms in total. The van der Waals surface area contributed by atoms with E-state index >= 15 is 0 Å². The largest absolute Gasteiger partial charge is 0.481 e. The van der Waals surface area contributed by atoms with Crippen molar-refractivity contribution in [3.05, 3.63) is 59.0 Å². The summed E-state index contributed by atoms with van der Waals surface area (Å²) >= 11 is 0. The number of nitrogens with zero attached hydrogens (tertiary/aromatic N) is 1. The second-order valence-corrected chi connectivity index (χ2v) is 4.07. The lowest BCUT2D eigenvalue weighted by Gasteiger charge is -2.14. The summed E-state index contributed by atoms with van der Waals surface area (Å²) in [6.45, 7) is 1.78. The first-order chi connectivity index (χ1) is 8.61. The molecule has 18 heavy (non-hydrogen) atoms. The van der Waals surface area contributed by atoms with E-state index in [1.807, 2.05) is 0 Å². The number of pyridine rings is 1. The zero-order chi connectivity index (χ0) is 13.1. The predicted octanol–water partition coefficient (Wildman–Crippen LogP) is 2.62. The van der Waals surface area contributed by atoms with E-state index in [1.54, 1.807) is 31.3 Å². The van der Waals surface area contributed by atoms with Crippen LogP contribution in [0.25, 0.3) is 0 Å². The van der Waals surface area contributed by atoms with Crippen molar-refractivity contribution in [2.75, 3.05) is 7.11 Å². The number of halogens is 1. The summed E-state index contributed by atoms with van der Waals surface area (Å²) in [5.41, 5.74) is 1.76. The van der Waals surface area contributed by atoms with Gasteiger partial charge in [-0.05, 0) is 42.3 Å². The van der Waals surface area contributed by atoms with Crippen LogP contribution in [-0.4, -0.2) is 17.2 Å². The molecule has 0 aliphatic rings. The molecule has 0 saturated heterocycles. The monoisotopic (exact) mass is 247 g/mol. The van der Waals surface area contributed by atoms with Crippen molar-refractivity contribution in [3.8, 4) is 5.88 Å². The summed E-state index contributed by atoms with van der Waals surface area (Å²) in [4.78, 5) is 4.01. The van der Waals surface area contributed by atoms with E-state index in [1.165, 1.54) is 19.2 Å². The Labute approximate surface area is 105 Å². The van der Waals surface area contributed by atoms with E-state index in [0.717, 1.165) is 5.56 Å². The molecule has 0 amide bonds. The molecule has 1 N–H and O–H groups in total. The molecule has 0 aliphatic heterocycles. The Balaban J connectivity index is 2.44. The summed E-state index contributed by atoms with van der Waals surface area (Å²) in [6, 6.07) is 7.87. The lowest BCUT2D eigenvalue weighted by molar-refractivity contribution is 0.212. The van der Waals surface area contributed by atoms with Crippen LogP contribution in [-0.2, 0) is 0 Å². The number of benzene rings is 1. The first-order valence-electron chi connectivity index (χ1n) is 5.56. The number of ether oxygens (including phenoxy) is 1. The summed E-state index contributed by atoms with van der Waals surface area (Å²) < 4.78 is 18.4. The molecule has 0 bridgehead atoms. The number of methoxy groups -OCH3 is 1. The molecule has 1 heterocycles. The predicted molar refractivity (Wildman–Crippen MR) is 66.0 cm³/mol. The van der Waals surface area contributed by atoms with Gasteiger partial charge in [0.15, 0.2) is 0 Å². The maximum absolute atomic E-state index is 13.3. The molecule has 0 saturated carbocycles.